The first-order valence-corrected chi connectivity index (χ1v) is 11.6. The summed E-state index contributed by atoms with van der Waals surface area (Å²) in [6.45, 7) is 0. The Morgan fingerprint density at radius 3 is 2.66 bits per heavy atom. The highest BCUT2D eigenvalue weighted by Crippen LogP contribution is 2.38. The van der Waals surface area contributed by atoms with Gasteiger partial charge in [0.25, 0.3) is 5.56 Å². The van der Waals surface area contributed by atoms with Gasteiger partial charge in [-0.25, -0.2) is 9.78 Å². The molecule has 2 N–H and O–H groups in total. The molecule has 9 heteroatoms. The summed E-state index contributed by atoms with van der Waals surface area (Å²) in [5, 5.41) is 3.89. The number of aromatic nitrogens is 2. The van der Waals surface area contributed by atoms with Gasteiger partial charge in [-0.15, -0.1) is 11.3 Å². The van der Waals surface area contributed by atoms with E-state index < -0.39 is 5.97 Å². The summed E-state index contributed by atoms with van der Waals surface area (Å²) >= 11 is 2.66. The van der Waals surface area contributed by atoms with Crippen molar-refractivity contribution >= 4 is 40.0 Å². The number of nitrogens with one attached hydrogen (secondary N) is 2. The number of ether oxygens (including phenoxy) is 1. The molecule has 4 rings (SSSR count). The van der Waals surface area contributed by atoms with Crippen molar-refractivity contribution in [3.8, 4) is 0 Å². The molecule has 1 amide bonds. The number of thioether (sulfide) groups is 1. The number of nitrogens with zero attached hydrogens (tertiary/aromatic N) is 1. The fourth-order valence-corrected chi connectivity index (χ4v) is 5.89. The second kappa shape index (κ2) is 8.71. The van der Waals surface area contributed by atoms with Gasteiger partial charge in [-0.1, -0.05) is 11.8 Å². The van der Waals surface area contributed by atoms with Crippen LogP contribution in [0, 0.1) is 0 Å². The highest BCUT2D eigenvalue weighted by molar-refractivity contribution is 7.99. The number of carbonyl (C=O) groups excluding carboxylic acids is 2. The molecule has 0 radical (unpaired) electrons. The SMILES string of the molecule is COC(=O)c1c(NC(=O)CSc2nc3c(c(=O)[nH]2)CCCC3)sc2c1CCCC2. The lowest BCUT2D eigenvalue weighted by Gasteiger charge is -2.14. The maximum absolute atomic E-state index is 12.5. The van der Waals surface area contributed by atoms with Gasteiger partial charge in [0.1, 0.15) is 5.00 Å². The molecule has 0 unspecified atom stereocenters. The number of aromatic amines is 1. The standard InChI is InChI=1S/C20H23N3O4S2/c1-27-19(26)16-12-7-3-5-9-14(12)29-18(16)22-15(24)10-28-20-21-13-8-4-2-6-11(13)17(25)23-20/h2-10H2,1H3,(H,22,24)(H,21,23,25). The number of methoxy groups -OCH3 is 1. The third kappa shape index (κ3) is 4.25. The second-order valence-electron chi connectivity index (χ2n) is 7.25. The molecular weight excluding hydrogens is 410 g/mol. The van der Waals surface area contributed by atoms with Gasteiger partial charge in [-0.05, 0) is 56.9 Å². The minimum Gasteiger partial charge on any atom is -0.465 e. The smallest absolute Gasteiger partial charge is 0.341 e. The van der Waals surface area contributed by atoms with Gasteiger partial charge in [0.15, 0.2) is 5.16 Å². The molecule has 0 fully saturated rings. The predicted molar refractivity (Wildman–Crippen MR) is 113 cm³/mol. The average Bonchev–Trinajstić information content (AvgIpc) is 3.09. The predicted octanol–water partition coefficient (Wildman–Crippen LogP) is 3.11. The highest BCUT2D eigenvalue weighted by atomic mass is 32.2. The van der Waals surface area contributed by atoms with Gasteiger partial charge in [0.2, 0.25) is 5.91 Å². The van der Waals surface area contributed by atoms with Gasteiger partial charge in [-0.2, -0.15) is 0 Å². The molecule has 2 aliphatic rings. The van der Waals surface area contributed by atoms with Crippen molar-refractivity contribution in [2.24, 2.45) is 0 Å². The zero-order chi connectivity index (χ0) is 20.4. The summed E-state index contributed by atoms with van der Waals surface area (Å²) in [5.41, 5.74) is 3.03. The van der Waals surface area contributed by atoms with Crippen LogP contribution in [0.5, 0.6) is 0 Å². The Morgan fingerprint density at radius 1 is 1.14 bits per heavy atom. The monoisotopic (exact) mass is 433 g/mol. The molecule has 0 saturated carbocycles. The number of amides is 1. The van der Waals surface area contributed by atoms with Gasteiger partial charge in [0.05, 0.1) is 24.1 Å². The van der Waals surface area contributed by atoms with Crippen molar-refractivity contribution in [2.75, 3.05) is 18.2 Å². The lowest BCUT2D eigenvalue weighted by atomic mass is 9.95. The van der Waals surface area contributed by atoms with E-state index in [9.17, 15) is 14.4 Å². The van der Waals surface area contributed by atoms with Crippen LogP contribution in [0.1, 0.15) is 57.7 Å². The molecule has 154 valence electrons. The van der Waals surface area contributed by atoms with Gasteiger partial charge >= 0.3 is 5.97 Å². The number of fused-ring (bicyclic) bond motifs is 2. The summed E-state index contributed by atoms with van der Waals surface area (Å²) in [6.07, 6.45) is 7.51. The number of esters is 1. The number of H-pyrrole nitrogens is 1. The molecule has 2 aromatic rings. The molecule has 0 aromatic carbocycles. The number of aryl methyl sites for hydroxylation is 2. The number of carbonyl (C=O) groups is 2. The zero-order valence-electron chi connectivity index (χ0n) is 16.3. The van der Waals surface area contributed by atoms with E-state index >= 15 is 0 Å². The van der Waals surface area contributed by atoms with Crippen LogP contribution >= 0.6 is 23.1 Å². The molecule has 2 heterocycles. The van der Waals surface area contributed by atoms with E-state index in [2.05, 4.69) is 15.3 Å². The Bertz CT molecular complexity index is 1010. The third-order valence-corrected chi connectivity index (χ3v) is 7.40. The van der Waals surface area contributed by atoms with Crippen LogP contribution in [0.4, 0.5) is 5.00 Å². The largest absolute Gasteiger partial charge is 0.465 e. The second-order valence-corrected chi connectivity index (χ2v) is 9.32. The Labute approximate surface area is 176 Å². The first kappa shape index (κ1) is 20.2. The number of anilines is 1. The van der Waals surface area contributed by atoms with Gasteiger partial charge in [0, 0.05) is 10.4 Å². The number of thiophene rings is 1. The summed E-state index contributed by atoms with van der Waals surface area (Å²) in [7, 11) is 1.36. The quantitative estimate of drug-likeness (QED) is 0.427. The number of rotatable bonds is 5. The van der Waals surface area contributed by atoms with Crippen molar-refractivity contribution < 1.29 is 14.3 Å². The van der Waals surface area contributed by atoms with E-state index in [-0.39, 0.29) is 17.2 Å². The normalized spacial score (nSPS) is 15.3. The van der Waals surface area contributed by atoms with Crippen LogP contribution in [-0.4, -0.2) is 34.7 Å². The van der Waals surface area contributed by atoms with Crippen LogP contribution in [0.3, 0.4) is 0 Å². The van der Waals surface area contributed by atoms with E-state index in [0.29, 0.717) is 15.7 Å². The highest BCUT2D eigenvalue weighted by Gasteiger charge is 2.27. The molecule has 2 aromatic heterocycles. The van der Waals surface area contributed by atoms with E-state index in [0.717, 1.165) is 73.1 Å². The third-order valence-electron chi connectivity index (χ3n) is 5.32. The molecule has 0 aliphatic heterocycles. The van der Waals surface area contributed by atoms with Crippen molar-refractivity contribution in [1.29, 1.82) is 0 Å². The maximum Gasteiger partial charge on any atom is 0.341 e. The van der Waals surface area contributed by atoms with Crippen molar-refractivity contribution in [1.82, 2.24) is 9.97 Å². The van der Waals surface area contributed by atoms with Crippen molar-refractivity contribution in [3.05, 3.63) is 37.6 Å². The van der Waals surface area contributed by atoms with Crippen molar-refractivity contribution in [3.63, 3.8) is 0 Å². The fraction of sp³-hybridized carbons (Fsp3) is 0.500. The Hall–Kier alpha value is -2.13. The van der Waals surface area contributed by atoms with Crippen molar-refractivity contribution in [2.45, 2.75) is 56.5 Å². The lowest BCUT2D eigenvalue weighted by Crippen LogP contribution is -2.22. The van der Waals surface area contributed by atoms with E-state index in [1.807, 2.05) is 0 Å². The molecule has 0 atom stereocenters. The Morgan fingerprint density at radius 2 is 1.86 bits per heavy atom. The Kier molecular flexibility index (Phi) is 6.05. The fourth-order valence-electron chi connectivity index (χ4n) is 3.92. The average molecular weight is 434 g/mol. The molecule has 2 aliphatic carbocycles. The number of hydrogen-bond acceptors (Lipinski definition) is 7. The van der Waals surface area contributed by atoms with Gasteiger partial charge < -0.3 is 15.0 Å². The van der Waals surface area contributed by atoms with E-state index in [1.54, 1.807) is 0 Å². The van der Waals surface area contributed by atoms with Crippen LogP contribution in [-0.2, 0) is 35.2 Å². The van der Waals surface area contributed by atoms with Crippen LogP contribution in [0.15, 0.2) is 9.95 Å². The van der Waals surface area contributed by atoms with Gasteiger partial charge in [-0.3, -0.25) is 9.59 Å². The topological polar surface area (TPSA) is 101 Å². The number of hydrogen-bond donors (Lipinski definition) is 2. The minimum absolute atomic E-state index is 0.100. The lowest BCUT2D eigenvalue weighted by molar-refractivity contribution is -0.113. The zero-order valence-corrected chi connectivity index (χ0v) is 17.9. The first-order chi connectivity index (χ1) is 14.1. The molecule has 0 saturated heterocycles. The summed E-state index contributed by atoms with van der Waals surface area (Å²) in [4.78, 5) is 45.5. The summed E-state index contributed by atoms with van der Waals surface area (Å²) < 4.78 is 4.94. The molecular formula is C20H23N3O4S2. The molecule has 0 bridgehead atoms. The van der Waals surface area contributed by atoms with Crippen LogP contribution in [0.2, 0.25) is 0 Å². The summed E-state index contributed by atoms with van der Waals surface area (Å²) in [5.74, 6) is -0.544. The van der Waals surface area contributed by atoms with E-state index in [1.165, 1.54) is 30.2 Å². The molecule has 7 nitrogen and oxygen atoms in total. The maximum atomic E-state index is 12.5. The molecule has 29 heavy (non-hydrogen) atoms. The van der Waals surface area contributed by atoms with Crippen LogP contribution < -0.4 is 10.9 Å². The first-order valence-electron chi connectivity index (χ1n) is 9.84. The molecule has 0 spiro atoms. The Balaban J connectivity index is 1.47. The van der Waals surface area contributed by atoms with E-state index in [4.69, 9.17) is 4.74 Å². The van der Waals surface area contributed by atoms with Crippen LogP contribution in [0.25, 0.3) is 0 Å². The minimum atomic E-state index is -0.409. The summed E-state index contributed by atoms with van der Waals surface area (Å²) in [6, 6.07) is 0.